The fourth-order valence-corrected chi connectivity index (χ4v) is 1.53. The molecule has 4 N–H and O–H groups in total. The van der Waals surface area contributed by atoms with Crippen LogP contribution in [0.5, 0.6) is 5.75 Å². The molecule has 1 rings (SSSR count). The van der Waals surface area contributed by atoms with Crippen molar-refractivity contribution in [2.75, 3.05) is 26.2 Å². The van der Waals surface area contributed by atoms with Gasteiger partial charge in [0.2, 0.25) is 11.8 Å². The first-order valence-corrected chi connectivity index (χ1v) is 6.63. The topological polar surface area (TPSA) is 93.4 Å². The van der Waals surface area contributed by atoms with Crippen LogP contribution in [0.3, 0.4) is 0 Å². The number of benzene rings is 1. The van der Waals surface area contributed by atoms with Crippen LogP contribution < -0.4 is 21.1 Å². The number of primary amides is 1. The Kier molecular flexibility index (Phi) is 7.13. The Hall–Kier alpha value is -2.08. The van der Waals surface area contributed by atoms with Crippen molar-refractivity contribution >= 4 is 11.8 Å². The third-order valence-corrected chi connectivity index (χ3v) is 2.61. The van der Waals surface area contributed by atoms with Crippen LogP contribution in [0.1, 0.15) is 23.7 Å². The summed E-state index contributed by atoms with van der Waals surface area (Å²) in [7, 11) is 0. The second kappa shape index (κ2) is 8.92. The fraction of sp³-hybridized carbons (Fsp3) is 0.429. The van der Waals surface area contributed by atoms with Crippen molar-refractivity contribution < 1.29 is 14.3 Å². The zero-order chi connectivity index (χ0) is 14.8. The minimum Gasteiger partial charge on any atom is -0.493 e. The van der Waals surface area contributed by atoms with Gasteiger partial charge >= 0.3 is 0 Å². The highest BCUT2D eigenvalue weighted by molar-refractivity contribution is 5.92. The van der Waals surface area contributed by atoms with Gasteiger partial charge in [0.25, 0.3) is 0 Å². The summed E-state index contributed by atoms with van der Waals surface area (Å²) in [4.78, 5) is 22.3. The monoisotopic (exact) mass is 279 g/mol. The number of amides is 2. The van der Waals surface area contributed by atoms with Gasteiger partial charge in [-0.1, -0.05) is 6.92 Å². The molecule has 2 amide bonds. The molecule has 0 fully saturated rings. The zero-order valence-corrected chi connectivity index (χ0v) is 11.6. The van der Waals surface area contributed by atoms with Crippen LogP contribution in [0.2, 0.25) is 0 Å². The van der Waals surface area contributed by atoms with E-state index in [1.54, 1.807) is 24.3 Å². The van der Waals surface area contributed by atoms with Crippen LogP contribution in [0.25, 0.3) is 0 Å². The van der Waals surface area contributed by atoms with E-state index in [2.05, 4.69) is 10.6 Å². The minimum atomic E-state index is -0.475. The van der Waals surface area contributed by atoms with Crippen molar-refractivity contribution in [1.82, 2.24) is 10.6 Å². The second-order valence-electron chi connectivity index (χ2n) is 4.19. The van der Waals surface area contributed by atoms with Gasteiger partial charge in [-0.05, 0) is 30.8 Å². The van der Waals surface area contributed by atoms with Gasteiger partial charge in [0.1, 0.15) is 5.75 Å². The molecule has 0 aliphatic heterocycles. The molecule has 0 aromatic heterocycles. The molecule has 0 aliphatic rings. The molecule has 0 atom stereocenters. The van der Waals surface area contributed by atoms with Crippen molar-refractivity contribution in [3.05, 3.63) is 29.8 Å². The highest BCUT2D eigenvalue weighted by Crippen LogP contribution is 2.11. The predicted octanol–water partition coefficient (Wildman–Crippen LogP) is 0.280. The van der Waals surface area contributed by atoms with E-state index >= 15 is 0 Å². The molecule has 0 spiro atoms. The van der Waals surface area contributed by atoms with Crippen LogP contribution in [-0.2, 0) is 4.79 Å². The molecule has 1 aromatic carbocycles. The predicted molar refractivity (Wildman–Crippen MR) is 76.6 cm³/mol. The lowest BCUT2D eigenvalue weighted by molar-refractivity contribution is -0.121. The maximum absolute atomic E-state index is 11.5. The van der Waals surface area contributed by atoms with Gasteiger partial charge in [0, 0.05) is 18.7 Å². The summed E-state index contributed by atoms with van der Waals surface area (Å²) in [5.74, 6) is 0.0868. The maximum atomic E-state index is 11.5. The lowest BCUT2D eigenvalue weighted by atomic mass is 10.2. The number of carbonyl (C=O) groups is 2. The molecule has 0 saturated heterocycles. The smallest absolute Gasteiger partial charge is 0.248 e. The van der Waals surface area contributed by atoms with E-state index in [0.717, 1.165) is 13.1 Å². The van der Waals surface area contributed by atoms with E-state index in [0.29, 0.717) is 30.9 Å². The van der Waals surface area contributed by atoms with Crippen LogP contribution in [0.15, 0.2) is 24.3 Å². The number of ether oxygens (including phenoxy) is 1. The number of nitrogens with two attached hydrogens (primary N) is 1. The van der Waals surface area contributed by atoms with Gasteiger partial charge in [0.05, 0.1) is 13.0 Å². The molecule has 0 bridgehead atoms. The van der Waals surface area contributed by atoms with Gasteiger partial charge in [-0.25, -0.2) is 0 Å². The number of hydrogen-bond donors (Lipinski definition) is 3. The Morgan fingerprint density at radius 3 is 2.50 bits per heavy atom. The number of carbonyl (C=O) groups excluding carboxylic acids is 2. The Morgan fingerprint density at radius 1 is 1.20 bits per heavy atom. The first-order valence-electron chi connectivity index (χ1n) is 6.63. The third-order valence-electron chi connectivity index (χ3n) is 2.61. The van der Waals surface area contributed by atoms with Gasteiger partial charge < -0.3 is 21.1 Å². The Bertz CT molecular complexity index is 432. The molecule has 20 heavy (non-hydrogen) atoms. The molecular weight excluding hydrogens is 258 g/mol. The van der Waals surface area contributed by atoms with Crippen LogP contribution in [0.4, 0.5) is 0 Å². The first kappa shape index (κ1) is 16.0. The molecule has 110 valence electrons. The highest BCUT2D eigenvalue weighted by Gasteiger charge is 2.03. The SMILES string of the molecule is CCNCCNC(=O)CCOc1ccc(C(N)=O)cc1. The molecular formula is C14H21N3O3. The zero-order valence-electron chi connectivity index (χ0n) is 11.6. The summed E-state index contributed by atoms with van der Waals surface area (Å²) in [6, 6.07) is 6.49. The van der Waals surface area contributed by atoms with E-state index in [1.807, 2.05) is 6.92 Å². The van der Waals surface area contributed by atoms with Gasteiger partial charge in [-0.2, -0.15) is 0 Å². The highest BCUT2D eigenvalue weighted by atomic mass is 16.5. The standard InChI is InChI=1S/C14H21N3O3/c1-2-16-8-9-17-13(18)7-10-20-12-5-3-11(4-6-12)14(15)19/h3-6,16H,2,7-10H2,1H3,(H2,15,19)(H,17,18). The van der Waals surface area contributed by atoms with E-state index in [1.165, 1.54) is 0 Å². The van der Waals surface area contributed by atoms with E-state index in [4.69, 9.17) is 10.5 Å². The van der Waals surface area contributed by atoms with Crippen molar-refractivity contribution in [1.29, 1.82) is 0 Å². The number of nitrogens with one attached hydrogen (secondary N) is 2. The lowest BCUT2D eigenvalue weighted by Crippen LogP contribution is -2.32. The number of rotatable bonds is 9. The molecule has 0 radical (unpaired) electrons. The molecule has 6 heteroatoms. The molecule has 1 aromatic rings. The Labute approximate surface area is 118 Å². The lowest BCUT2D eigenvalue weighted by Gasteiger charge is -2.07. The van der Waals surface area contributed by atoms with Gasteiger partial charge in [0.15, 0.2) is 0 Å². The Morgan fingerprint density at radius 2 is 1.90 bits per heavy atom. The largest absolute Gasteiger partial charge is 0.493 e. The van der Waals surface area contributed by atoms with Crippen molar-refractivity contribution in [2.24, 2.45) is 5.73 Å². The second-order valence-corrected chi connectivity index (χ2v) is 4.19. The van der Waals surface area contributed by atoms with Crippen LogP contribution in [0, 0.1) is 0 Å². The summed E-state index contributed by atoms with van der Waals surface area (Å²) in [6.45, 7) is 4.57. The molecule has 0 unspecified atom stereocenters. The fourth-order valence-electron chi connectivity index (χ4n) is 1.53. The summed E-state index contributed by atoms with van der Waals surface area (Å²) >= 11 is 0. The normalized spacial score (nSPS) is 10.1. The third kappa shape index (κ3) is 6.19. The summed E-state index contributed by atoms with van der Waals surface area (Å²) in [6.07, 6.45) is 0.295. The van der Waals surface area contributed by atoms with Crippen LogP contribution >= 0.6 is 0 Å². The molecule has 6 nitrogen and oxygen atoms in total. The molecule has 0 aliphatic carbocycles. The average molecular weight is 279 g/mol. The van der Waals surface area contributed by atoms with Crippen molar-refractivity contribution in [3.63, 3.8) is 0 Å². The summed E-state index contributed by atoms with van der Waals surface area (Å²) in [5.41, 5.74) is 5.56. The Balaban J connectivity index is 2.20. The molecule has 0 saturated carbocycles. The molecule has 0 heterocycles. The maximum Gasteiger partial charge on any atom is 0.248 e. The first-order chi connectivity index (χ1) is 9.63. The van der Waals surface area contributed by atoms with Gasteiger partial charge in [-0.15, -0.1) is 0 Å². The van der Waals surface area contributed by atoms with Crippen molar-refractivity contribution in [3.8, 4) is 5.75 Å². The van der Waals surface area contributed by atoms with E-state index in [-0.39, 0.29) is 5.91 Å². The van der Waals surface area contributed by atoms with E-state index in [9.17, 15) is 9.59 Å². The average Bonchev–Trinajstić information content (AvgIpc) is 2.44. The minimum absolute atomic E-state index is 0.0448. The number of likely N-dealkylation sites (N-methyl/N-ethyl adjacent to an activating group) is 1. The number of hydrogen-bond acceptors (Lipinski definition) is 4. The summed E-state index contributed by atoms with van der Waals surface area (Å²) < 4.78 is 5.41. The quantitative estimate of drug-likeness (QED) is 0.566. The van der Waals surface area contributed by atoms with E-state index < -0.39 is 5.91 Å². The van der Waals surface area contributed by atoms with Crippen LogP contribution in [-0.4, -0.2) is 38.1 Å². The summed E-state index contributed by atoms with van der Waals surface area (Å²) in [5, 5.41) is 5.90. The van der Waals surface area contributed by atoms with Gasteiger partial charge in [-0.3, -0.25) is 9.59 Å². The van der Waals surface area contributed by atoms with Crippen molar-refractivity contribution in [2.45, 2.75) is 13.3 Å².